The summed E-state index contributed by atoms with van der Waals surface area (Å²) in [7, 11) is 0. The van der Waals surface area contributed by atoms with Crippen molar-refractivity contribution >= 4 is 40.0 Å². The van der Waals surface area contributed by atoms with Gasteiger partial charge in [0.2, 0.25) is 0 Å². The molecule has 0 radical (unpaired) electrons. The van der Waals surface area contributed by atoms with Crippen LogP contribution in [0.3, 0.4) is 0 Å². The van der Waals surface area contributed by atoms with E-state index in [2.05, 4.69) is 25.5 Å². The SMILES string of the molecule is CCOc1ccc(Nc2ncnc3ccc(N4C[C@@H]5C[C@H]4CN5)nc23)c(F)c1Cl. The molecule has 0 spiro atoms. The van der Waals surface area contributed by atoms with Crippen LogP contribution >= 0.6 is 11.6 Å². The fraction of sp³-hybridized carbons (Fsp3) is 0.350. The van der Waals surface area contributed by atoms with Crippen LogP contribution in [0.2, 0.25) is 5.02 Å². The van der Waals surface area contributed by atoms with Gasteiger partial charge in [-0.3, -0.25) is 0 Å². The molecule has 2 fully saturated rings. The van der Waals surface area contributed by atoms with Crippen molar-refractivity contribution in [3.8, 4) is 5.75 Å². The Balaban J connectivity index is 1.50. The van der Waals surface area contributed by atoms with E-state index in [0.717, 1.165) is 25.3 Å². The van der Waals surface area contributed by atoms with Gasteiger partial charge in [0.25, 0.3) is 0 Å². The molecule has 0 unspecified atom stereocenters. The zero-order chi connectivity index (χ0) is 20.0. The fourth-order valence-corrected chi connectivity index (χ4v) is 4.26. The number of anilines is 3. The van der Waals surface area contributed by atoms with Crippen LogP contribution in [0.25, 0.3) is 11.0 Å². The van der Waals surface area contributed by atoms with Crippen molar-refractivity contribution in [2.45, 2.75) is 25.4 Å². The Hall–Kier alpha value is -2.71. The predicted molar refractivity (Wildman–Crippen MR) is 111 cm³/mol. The van der Waals surface area contributed by atoms with Gasteiger partial charge in [-0.2, -0.15) is 0 Å². The van der Waals surface area contributed by atoms with Crippen LogP contribution in [-0.4, -0.2) is 46.7 Å². The molecule has 0 amide bonds. The van der Waals surface area contributed by atoms with E-state index in [1.807, 2.05) is 19.1 Å². The lowest BCUT2D eigenvalue weighted by molar-refractivity contribution is 0.338. The number of pyridine rings is 1. The maximum absolute atomic E-state index is 14.7. The summed E-state index contributed by atoms with van der Waals surface area (Å²) in [6.07, 6.45) is 2.56. The Labute approximate surface area is 172 Å². The molecule has 29 heavy (non-hydrogen) atoms. The average molecular weight is 415 g/mol. The Morgan fingerprint density at radius 3 is 2.97 bits per heavy atom. The smallest absolute Gasteiger partial charge is 0.169 e. The van der Waals surface area contributed by atoms with E-state index in [-0.39, 0.29) is 10.7 Å². The van der Waals surface area contributed by atoms with Gasteiger partial charge in [-0.15, -0.1) is 0 Å². The molecule has 150 valence electrons. The summed E-state index contributed by atoms with van der Waals surface area (Å²) in [6, 6.07) is 8.08. The van der Waals surface area contributed by atoms with Gasteiger partial charge in [0.1, 0.15) is 28.4 Å². The lowest BCUT2D eigenvalue weighted by Gasteiger charge is -2.28. The molecule has 2 N–H and O–H groups in total. The molecule has 7 nitrogen and oxygen atoms in total. The second-order valence-corrected chi connectivity index (χ2v) is 7.58. The molecule has 2 aliphatic heterocycles. The van der Waals surface area contributed by atoms with E-state index >= 15 is 0 Å². The molecule has 2 aromatic heterocycles. The van der Waals surface area contributed by atoms with Gasteiger partial charge in [-0.25, -0.2) is 19.3 Å². The van der Waals surface area contributed by atoms with Gasteiger partial charge in [0.05, 0.1) is 17.8 Å². The van der Waals surface area contributed by atoms with Crippen LogP contribution in [0.4, 0.5) is 21.7 Å². The van der Waals surface area contributed by atoms with Crippen LogP contribution in [-0.2, 0) is 0 Å². The number of nitrogens with one attached hydrogen (secondary N) is 2. The number of hydrogen-bond donors (Lipinski definition) is 2. The lowest BCUT2D eigenvalue weighted by atomic mass is 10.2. The van der Waals surface area contributed by atoms with Gasteiger partial charge < -0.3 is 20.3 Å². The van der Waals surface area contributed by atoms with E-state index in [0.29, 0.717) is 41.3 Å². The molecule has 9 heteroatoms. The Morgan fingerprint density at radius 1 is 1.31 bits per heavy atom. The van der Waals surface area contributed by atoms with E-state index < -0.39 is 5.82 Å². The second-order valence-electron chi connectivity index (χ2n) is 7.20. The highest BCUT2D eigenvalue weighted by Crippen LogP contribution is 2.35. The summed E-state index contributed by atoms with van der Waals surface area (Å²) in [5.41, 5.74) is 1.48. The van der Waals surface area contributed by atoms with E-state index in [1.165, 1.54) is 6.33 Å². The quantitative estimate of drug-likeness (QED) is 0.661. The summed E-state index contributed by atoms with van der Waals surface area (Å²) >= 11 is 6.11. The van der Waals surface area contributed by atoms with Crippen LogP contribution in [0.5, 0.6) is 5.75 Å². The molecule has 2 saturated heterocycles. The summed E-state index contributed by atoms with van der Waals surface area (Å²) in [6.45, 7) is 4.13. The van der Waals surface area contributed by atoms with Crippen molar-refractivity contribution in [2.24, 2.45) is 0 Å². The highest BCUT2D eigenvalue weighted by molar-refractivity contribution is 6.32. The van der Waals surface area contributed by atoms with Gasteiger partial charge in [-0.05, 0) is 37.6 Å². The minimum absolute atomic E-state index is 0.0653. The van der Waals surface area contributed by atoms with E-state index in [4.69, 9.17) is 21.3 Å². The Kier molecular flexibility index (Phi) is 4.60. The van der Waals surface area contributed by atoms with Gasteiger partial charge in [-0.1, -0.05) is 11.6 Å². The molecule has 2 atom stereocenters. The van der Waals surface area contributed by atoms with E-state index in [9.17, 15) is 4.39 Å². The summed E-state index contributed by atoms with van der Waals surface area (Å²) in [5.74, 6) is 1.03. The lowest BCUT2D eigenvalue weighted by Crippen LogP contribution is -2.44. The van der Waals surface area contributed by atoms with E-state index in [1.54, 1.807) is 12.1 Å². The maximum atomic E-state index is 14.7. The number of nitrogens with zero attached hydrogens (tertiary/aromatic N) is 4. The number of aromatic nitrogens is 3. The normalized spacial score (nSPS) is 20.4. The number of benzene rings is 1. The summed E-state index contributed by atoms with van der Waals surface area (Å²) in [4.78, 5) is 15.7. The molecule has 1 aromatic carbocycles. The molecular weight excluding hydrogens is 395 g/mol. The standard InChI is InChI=1S/C20H20ClFN6O/c1-2-29-15-5-3-13(18(22)17(15)21)26-20-19-14(24-10-25-20)4-6-16(27-19)28-9-11-7-12(28)8-23-11/h3-6,10-12,23H,2,7-9H2,1H3,(H,24,25,26)/t11-,12-/m0/s1. The number of halogens is 2. The minimum atomic E-state index is -0.594. The first-order valence-electron chi connectivity index (χ1n) is 9.63. The minimum Gasteiger partial charge on any atom is -0.492 e. The first kappa shape index (κ1) is 18.3. The van der Waals surface area contributed by atoms with Gasteiger partial charge in [0, 0.05) is 25.2 Å². The largest absolute Gasteiger partial charge is 0.492 e. The third-order valence-electron chi connectivity index (χ3n) is 5.42. The third-order valence-corrected chi connectivity index (χ3v) is 5.77. The van der Waals surface area contributed by atoms with Crippen LogP contribution in [0.15, 0.2) is 30.6 Å². The van der Waals surface area contributed by atoms with Crippen molar-refractivity contribution in [1.29, 1.82) is 0 Å². The second kappa shape index (κ2) is 7.27. The molecule has 2 bridgehead atoms. The summed E-state index contributed by atoms with van der Waals surface area (Å²) < 4.78 is 20.1. The highest BCUT2D eigenvalue weighted by Gasteiger charge is 2.38. The molecular formula is C20H20ClFN6O. The van der Waals surface area contributed by atoms with Gasteiger partial charge in [0.15, 0.2) is 11.6 Å². The average Bonchev–Trinajstić information content (AvgIpc) is 3.37. The number of piperazine rings is 1. The predicted octanol–water partition coefficient (Wildman–Crippen LogP) is 3.51. The summed E-state index contributed by atoms with van der Waals surface area (Å²) in [5, 5.41) is 6.44. The van der Waals surface area contributed by atoms with Crippen molar-refractivity contribution in [3.05, 3.63) is 41.4 Å². The first-order valence-corrected chi connectivity index (χ1v) is 10.0. The zero-order valence-corrected chi connectivity index (χ0v) is 16.6. The number of hydrogen-bond acceptors (Lipinski definition) is 7. The zero-order valence-electron chi connectivity index (χ0n) is 15.8. The van der Waals surface area contributed by atoms with Crippen molar-refractivity contribution in [1.82, 2.24) is 20.3 Å². The first-order chi connectivity index (χ1) is 14.1. The molecule has 0 aliphatic carbocycles. The third kappa shape index (κ3) is 3.22. The van der Waals surface area contributed by atoms with Crippen LogP contribution < -0.4 is 20.3 Å². The Bertz CT molecular complexity index is 1080. The monoisotopic (exact) mass is 414 g/mol. The van der Waals surface area contributed by atoms with Crippen molar-refractivity contribution < 1.29 is 9.13 Å². The van der Waals surface area contributed by atoms with Crippen molar-refractivity contribution in [3.63, 3.8) is 0 Å². The van der Waals surface area contributed by atoms with Gasteiger partial charge >= 0.3 is 0 Å². The van der Waals surface area contributed by atoms with Crippen LogP contribution in [0.1, 0.15) is 13.3 Å². The van der Waals surface area contributed by atoms with Crippen LogP contribution in [0, 0.1) is 5.82 Å². The molecule has 2 aliphatic rings. The maximum Gasteiger partial charge on any atom is 0.169 e. The number of ether oxygens (including phenoxy) is 1. The number of rotatable bonds is 5. The highest BCUT2D eigenvalue weighted by atomic mass is 35.5. The Morgan fingerprint density at radius 2 is 2.21 bits per heavy atom. The molecule has 0 saturated carbocycles. The molecule has 4 heterocycles. The fourth-order valence-electron chi connectivity index (χ4n) is 4.05. The number of fused-ring (bicyclic) bond motifs is 3. The molecule has 5 rings (SSSR count). The molecule has 3 aromatic rings. The van der Waals surface area contributed by atoms with Crippen molar-refractivity contribution in [2.75, 3.05) is 29.9 Å². The topological polar surface area (TPSA) is 75.2 Å².